The van der Waals surface area contributed by atoms with Crippen molar-refractivity contribution in [2.24, 2.45) is 17.6 Å². The molecule has 5 nitrogen and oxygen atoms in total. The monoisotopic (exact) mass is 254 g/mol. The Hall–Kier alpha value is -1.10. The van der Waals surface area contributed by atoms with Crippen LogP contribution in [0.1, 0.15) is 39.5 Å². The van der Waals surface area contributed by atoms with Crippen LogP contribution in [0.3, 0.4) is 0 Å². The number of hydrogen-bond acceptors (Lipinski definition) is 3. The number of amides is 1. The van der Waals surface area contributed by atoms with Gasteiger partial charge in [0, 0.05) is 24.5 Å². The molecule has 4 unspecified atom stereocenters. The molecule has 0 aromatic heterocycles. The molecule has 0 saturated carbocycles. The van der Waals surface area contributed by atoms with Gasteiger partial charge in [0.2, 0.25) is 5.91 Å². The zero-order chi connectivity index (χ0) is 13.4. The van der Waals surface area contributed by atoms with Gasteiger partial charge in [-0.1, -0.05) is 13.8 Å². The van der Waals surface area contributed by atoms with Crippen LogP contribution < -0.4 is 5.73 Å². The highest BCUT2D eigenvalue weighted by Crippen LogP contribution is 2.42. The molecule has 0 spiro atoms. The first-order chi connectivity index (χ1) is 8.41. The van der Waals surface area contributed by atoms with Crippen LogP contribution in [0.4, 0.5) is 0 Å². The lowest BCUT2D eigenvalue weighted by Crippen LogP contribution is -2.41. The summed E-state index contributed by atoms with van der Waals surface area (Å²) in [6.07, 6.45) is 2.71. The summed E-state index contributed by atoms with van der Waals surface area (Å²) in [7, 11) is 0. The summed E-state index contributed by atoms with van der Waals surface area (Å²) in [5.41, 5.74) is 5.93. The molecule has 2 saturated heterocycles. The summed E-state index contributed by atoms with van der Waals surface area (Å²) in [5, 5.41) is 9.14. The molecule has 2 bridgehead atoms. The van der Waals surface area contributed by atoms with Crippen molar-refractivity contribution in [1.29, 1.82) is 0 Å². The number of carbonyl (C=O) groups excluding carboxylic acids is 1. The molecule has 2 aliphatic heterocycles. The van der Waals surface area contributed by atoms with Gasteiger partial charge in [-0.15, -0.1) is 0 Å². The quantitative estimate of drug-likeness (QED) is 0.778. The van der Waals surface area contributed by atoms with Crippen LogP contribution in [0.5, 0.6) is 0 Å². The van der Waals surface area contributed by atoms with Gasteiger partial charge in [-0.3, -0.25) is 9.59 Å². The molecular weight excluding hydrogens is 232 g/mol. The summed E-state index contributed by atoms with van der Waals surface area (Å²) in [4.78, 5) is 25.2. The Balaban J connectivity index is 2.02. The summed E-state index contributed by atoms with van der Waals surface area (Å²) >= 11 is 0. The van der Waals surface area contributed by atoms with Gasteiger partial charge >= 0.3 is 5.97 Å². The molecule has 0 aromatic carbocycles. The Bertz CT molecular complexity index is 356. The third-order valence-electron chi connectivity index (χ3n) is 4.41. The zero-order valence-electron chi connectivity index (χ0n) is 11.0. The minimum absolute atomic E-state index is 0.0347. The number of hydrogen-bond donors (Lipinski definition) is 2. The van der Waals surface area contributed by atoms with E-state index in [4.69, 9.17) is 10.8 Å². The van der Waals surface area contributed by atoms with E-state index in [1.54, 1.807) is 4.90 Å². The SMILES string of the molecule is CC(C)C(N)CC(=O)N1C2CCC1C(C(=O)O)C2. The van der Waals surface area contributed by atoms with Crippen molar-refractivity contribution in [3.05, 3.63) is 0 Å². The van der Waals surface area contributed by atoms with Gasteiger partial charge in [-0.2, -0.15) is 0 Å². The van der Waals surface area contributed by atoms with Gasteiger partial charge in [0.05, 0.1) is 5.92 Å². The van der Waals surface area contributed by atoms with Crippen LogP contribution in [-0.2, 0) is 9.59 Å². The standard InChI is InChI=1S/C13H22N2O3/c1-7(2)10(14)6-12(16)15-8-3-4-11(15)9(5-8)13(17)18/h7-11H,3-6,14H2,1-2H3,(H,17,18). The third kappa shape index (κ3) is 2.23. The number of carboxylic acid groups (broad SMARTS) is 1. The van der Waals surface area contributed by atoms with E-state index >= 15 is 0 Å². The lowest BCUT2D eigenvalue weighted by molar-refractivity contribution is -0.143. The van der Waals surface area contributed by atoms with Gasteiger partial charge in [-0.05, 0) is 25.2 Å². The predicted molar refractivity (Wildman–Crippen MR) is 66.8 cm³/mol. The largest absolute Gasteiger partial charge is 0.481 e. The van der Waals surface area contributed by atoms with E-state index in [0.29, 0.717) is 12.8 Å². The molecule has 102 valence electrons. The van der Waals surface area contributed by atoms with E-state index < -0.39 is 5.97 Å². The Labute approximate surface area is 107 Å². The van der Waals surface area contributed by atoms with E-state index in [0.717, 1.165) is 12.8 Å². The van der Waals surface area contributed by atoms with Crippen LogP contribution in [0.15, 0.2) is 0 Å². The second-order valence-electron chi connectivity index (χ2n) is 5.89. The molecule has 2 heterocycles. The van der Waals surface area contributed by atoms with Crippen LogP contribution in [0.2, 0.25) is 0 Å². The van der Waals surface area contributed by atoms with Gasteiger partial charge in [0.15, 0.2) is 0 Å². The van der Waals surface area contributed by atoms with E-state index in [1.165, 1.54) is 0 Å². The molecule has 5 heteroatoms. The Morgan fingerprint density at radius 2 is 2.06 bits per heavy atom. The van der Waals surface area contributed by atoms with Gasteiger partial charge < -0.3 is 15.7 Å². The summed E-state index contributed by atoms with van der Waals surface area (Å²) in [6.45, 7) is 3.99. The molecule has 2 rings (SSSR count). The topological polar surface area (TPSA) is 83.6 Å². The van der Waals surface area contributed by atoms with Crippen LogP contribution in [0.25, 0.3) is 0 Å². The van der Waals surface area contributed by atoms with Gasteiger partial charge in [0.1, 0.15) is 0 Å². The van der Waals surface area contributed by atoms with Crippen molar-refractivity contribution in [3.8, 4) is 0 Å². The lowest BCUT2D eigenvalue weighted by Gasteiger charge is -2.25. The number of carboxylic acids is 1. The number of nitrogens with two attached hydrogens (primary N) is 1. The van der Waals surface area contributed by atoms with Crippen molar-refractivity contribution in [3.63, 3.8) is 0 Å². The maximum Gasteiger partial charge on any atom is 0.308 e. The van der Waals surface area contributed by atoms with Crippen molar-refractivity contribution >= 4 is 11.9 Å². The van der Waals surface area contributed by atoms with E-state index in [2.05, 4.69) is 0 Å². The number of carbonyl (C=O) groups is 2. The molecule has 0 aliphatic carbocycles. The van der Waals surface area contributed by atoms with Crippen molar-refractivity contribution in [2.75, 3.05) is 0 Å². The highest BCUT2D eigenvalue weighted by molar-refractivity contribution is 5.81. The number of rotatable bonds is 4. The molecule has 3 N–H and O–H groups in total. The highest BCUT2D eigenvalue weighted by Gasteiger charge is 2.51. The van der Waals surface area contributed by atoms with Crippen LogP contribution in [0, 0.1) is 11.8 Å². The summed E-state index contributed by atoms with van der Waals surface area (Å²) < 4.78 is 0. The molecular formula is C13H22N2O3. The molecule has 2 aliphatic rings. The summed E-state index contributed by atoms with van der Waals surface area (Å²) in [5.74, 6) is -0.840. The normalized spacial score (nSPS) is 32.0. The zero-order valence-corrected chi connectivity index (χ0v) is 11.0. The van der Waals surface area contributed by atoms with Crippen LogP contribution >= 0.6 is 0 Å². The fourth-order valence-electron chi connectivity index (χ4n) is 3.19. The number of fused-ring (bicyclic) bond motifs is 2. The van der Waals surface area contributed by atoms with Crippen molar-refractivity contribution in [2.45, 2.75) is 57.7 Å². The Morgan fingerprint density at radius 3 is 2.56 bits per heavy atom. The van der Waals surface area contributed by atoms with Crippen LogP contribution in [-0.4, -0.2) is 40.0 Å². The van der Waals surface area contributed by atoms with Crippen molar-refractivity contribution < 1.29 is 14.7 Å². The average Bonchev–Trinajstić information content (AvgIpc) is 2.85. The molecule has 2 fully saturated rings. The number of aliphatic carboxylic acids is 1. The van der Waals surface area contributed by atoms with E-state index in [1.807, 2.05) is 13.8 Å². The maximum atomic E-state index is 12.2. The third-order valence-corrected chi connectivity index (χ3v) is 4.41. The highest BCUT2D eigenvalue weighted by atomic mass is 16.4. The van der Waals surface area contributed by atoms with Gasteiger partial charge in [0.25, 0.3) is 0 Å². The summed E-state index contributed by atoms with van der Waals surface area (Å²) in [6, 6.07) is -0.108. The minimum Gasteiger partial charge on any atom is -0.481 e. The first-order valence-corrected chi connectivity index (χ1v) is 6.71. The molecule has 4 atom stereocenters. The second-order valence-corrected chi connectivity index (χ2v) is 5.89. The lowest BCUT2D eigenvalue weighted by atomic mass is 9.89. The van der Waals surface area contributed by atoms with E-state index in [9.17, 15) is 9.59 Å². The number of nitrogens with zero attached hydrogens (tertiary/aromatic N) is 1. The molecule has 1 amide bonds. The molecule has 18 heavy (non-hydrogen) atoms. The first-order valence-electron chi connectivity index (χ1n) is 6.71. The maximum absolute atomic E-state index is 12.2. The Kier molecular flexibility index (Phi) is 3.61. The smallest absolute Gasteiger partial charge is 0.308 e. The first kappa shape index (κ1) is 13.3. The minimum atomic E-state index is -0.770. The van der Waals surface area contributed by atoms with Gasteiger partial charge in [-0.25, -0.2) is 0 Å². The molecule has 0 aromatic rings. The fraction of sp³-hybridized carbons (Fsp3) is 0.846. The van der Waals surface area contributed by atoms with Crippen molar-refractivity contribution in [1.82, 2.24) is 4.90 Å². The second kappa shape index (κ2) is 4.88. The Morgan fingerprint density at radius 1 is 1.39 bits per heavy atom. The molecule has 0 radical (unpaired) electrons. The van der Waals surface area contributed by atoms with E-state index in [-0.39, 0.29) is 35.9 Å². The average molecular weight is 254 g/mol. The fourth-order valence-corrected chi connectivity index (χ4v) is 3.19. The predicted octanol–water partition coefficient (Wildman–Crippen LogP) is 0.824.